The summed E-state index contributed by atoms with van der Waals surface area (Å²) < 4.78 is 0. The Labute approximate surface area is 119 Å². The van der Waals surface area contributed by atoms with Crippen LogP contribution in [0.2, 0.25) is 0 Å². The molecule has 0 aliphatic heterocycles. The zero-order chi connectivity index (χ0) is 14.1. The van der Waals surface area contributed by atoms with Crippen molar-refractivity contribution in [2.75, 3.05) is 5.43 Å². The molecule has 5 heteroatoms. The van der Waals surface area contributed by atoms with Gasteiger partial charge < -0.3 is 10.7 Å². The lowest BCUT2D eigenvalue weighted by atomic mass is 9.84. The van der Waals surface area contributed by atoms with Gasteiger partial charge in [0.25, 0.3) is 5.91 Å². The van der Waals surface area contributed by atoms with Gasteiger partial charge in [0.15, 0.2) is 5.82 Å². The second-order valence-electron chi connectivity index (χ2n) is 6.14. The number of fused-ring (bicyclic) bond motifs is 2. The number of nitrogens with zero attached hydrogens (tertiary/aromatic N) is 1. The fourth-order valence-corrected chi connectivity index (χ4v) is 4.00. The third-order valence-electron chi connectivity index (χ3n) is 4.98. The van der Waals surface area contributed by atoms with Crippen molar-refractivity contribution in [2.45, 2.75) is 38.6 Å². The molecule has 3 rings (SSSR count). The average Bonchev–Trinajstić information content (AvgIpc) is 3.09. The van der Waals surface area contributed by atoms with Crippen LogP contribution in [-0.2, 0) is 0 Å². The number of hydrogen-bond acceptors (Lipinski definition) is 4. The Balaban J connectivity index is 1.66. The number of nitrogens with two attached hydrogens (primary N) is 1. The minimum absolute atomic E-state index is 0.0960. The zero-order valence-electron chi connectivity index (χ0n) is 11.8. The van der Waals surface area contributed by atoms with Crippen molar-refractivity contribution in [3.05, 3.63) is 23.9 Å². The molecule has 4 atom stereocenters. The first-order chi connectivity index (χ1) is 9.69. The van der Waals surface area contributed by atoms with Crippen LogP contribution in [0.15, 0.2) is 18.3 Å². The number of carbonyl (C=O) groups excluding carboxylic acids is 1. The molecule has 2 bridgehead atoms. The molecular formula is C15H22N4O. The lowest BCUT2D eigenvalue weighted by molar-refractivity contribution is 0.0916. The van der Waals surface area contributed by atoms with Crippen molar-refractivity contribution >= 4 is 11.7 Å². The molecule has 0 spiro atoms. The number of nitrogens with one attached hydrogen (secondary N) is 2. The molecule has 4 unspecified atom stereocenters. The van der Waals surface area contributed by atoms with Crippen molar-refractivity contribution in [3.8, 4) is 0 Å². The Morgan fingerprint density at radius 1 is 1.45 bits per heavy atom. The Morgan fingerprint density at radius 3 is 2.95 bits per heavy atom. The maximum atomic E-state index is 12.4. The summed E-state index contributed by atoms with van der Waals surface area (Å²) in [5, 5.41) is 3.12. The van der Waals surface area contributed by atoms with Gasteiger partial charge in [0.1, 0.15) is 0 Å². The number of hydrazine groups is 1. The van der Waals surface area contributed by atoms with E-state index in [0.29, 0.717) is 17.3 Å². The van der Waals surface area contributed by atoms with E-state index in [1.807, 2.05) is 0 Å². The Bertz CT molecular complexity index is 504. The summed E-state index contributed by atoms with van der Waals surface area (Å²) in [5.41, 5.74) is 2.98. The van der Waals surface area contributed by atoms with Gasteiger partial charge in [0.05, 0.1) is 5.56 Å². The van der Waals surface area contributed by atoms with Gasteiger partial charge in [-0.15, -0.1) is 0 Å². The molecule has 2 saturated carbocycles. The van der Waals surface area contributed by atoms with Crippen molar-refractivity contribution in [1.82, 2.24) is 10.3 Å². The largest absolute Gasteiger partial charge is 0.349 e. The highest BCUT2D eigenvalue weighted by Gasteiger charge is 2.42. The van der Waals surface area contributed by atoms with Crippen LogP contribution >= 0.6 is 0 Å². The van der Waals surface area contributed by atoms with E-state index in [9.17, 15) is 4.79 Å². The van der Waals surface area contributed by atoms with Crippen molar-refractivity contribution in [2.24, 2.45) is 23.6 Å². The third kappa shape index (κ3) is 2.38. The summed E-state index contributed by atoms with van der Waals surface area (Å²) in [6, 6.07) is 3.70. The zero-order valence-corrected chi connectivity index (χ0v) is 11.8. The second kappa shape index (κ2) is 5.40. The summed E-state index contributed by atoms with van der Waals surface area (Å²) in [5.74, 6) is 8.05. The highest BCUT2D eigenvalue weighted by atomic mass is 16.1. The Morgan fingerprint density at radius 2 is 2.30 bits per heavy atom. The van der Waals surface area contributed by atoms with Gasteiger partial charge in [-0.25, -0.2) is 10.8 Å². The van der Waals surface area contributed by atoms with Gasteiger partial charge >= 0.3 is 0 Å². The molecular weight excluding hydrogens is 252 g/mol. The first-order valence-electron chi connectivity index (χ1n) is 7.41. The maximum Gasteiger partial charge on any atom is 0.255 e. The number of aromatic nitrogens is 1. The van der Waals surface area contributed by atoms with Crippen LogP contribution < -0.4 is 16.6 Å². The molecule has 2 aliphatic carbocycles. The summed E-state index contributed by atoms with van der Waals surface area (Å²) in [7, 11) is 0. The van der Waals surface area contributed by atoms with Crippen molar-refractivity contribution in [1.29, 1.82) is 0 Å². The van der Waals surface area contributed by atoms with Crippen LogP contribution in [0.5, 0.6) is 0 Å². The van der Waals surface area contributed by atoms with Crippen LogP contribution in [0.25, 0.3) is 0 Å². The molecule has 5 nitrogen and oxygen atoms in total. The van der Waals surface area contributed by atoms with Crippen LogP contribution in [0.4, 0.5) is 5.82 Å². The molecule has 20 heavy (non-hydrogen) atoms. The van der Waals surface area contributed by atoms with E-state index >= 15 is 0 Å². The number of rotatable bonds is 4. The first kappa shape index (κ1) is 13.4. The minimum atomic E-state index is -0.0960. The predicted molar refractivity (Wildman–Crippen MR) is 77.9 cm³/mol. The number of hydrogen-bond donors (Lipinski definition) is 3. The third-order valence-corrected chi connectivity index (χ3v) is 4.98. The standard InChI is InChI=1S/C15H22N4O/c1-9(13-8-10-4-5-11(13)7-10)18-15(20)12-3-2-6-17-14(12)19-16/h2-3,6,9-11,13H,4-5,7-8,16H2,1H3,(H,17,19)(H,18,20). The topological polar surface area (TPSA) is 80.0 Å². The van der Waals surface area contributed by atoms with Gasteiger partial charge in [-0.05, 0) is 56.1 Å². The number of nitrogen functional groups attached to an aromatic ring is 1. The predicted octanol–water partition coefficient (Wildman–Crippen LogP) is 1.92. The molecule has 2 aliphatic rings. The highest BCUT2D eigenvalue weighted by molar-refractivity contribution is 5.98. The van der Waals surface area contributed by atoms with Gasteiger partial charge in [-0.2, -0.15) is 0 Å². The van der Waals surface area contributed by atoms with E-state index in [2.05, 4.69) is 22.7 Å². The molecule has 4 N–H and O–H groups in total. The van der Waals surface area contributed by atoms with Crippen molar-refractivity contribution < 1.29 is 4.79 Å². The van der Waals surface area contributed by atoms with Crippen LogP contribution in [0, 0.1) is 17.8 Å². The fourth-order valence-electron chi connectivity index (χ4n) is 4.00. The van der Waals surface area contributed by atoms with Crippen LogP contribution in [0.1, 0.15) is 43.0 Å². The van der Waals surface area contributed by atoms with E-state index in [1.54, 1.807) is 18.3 Å². The van der Waals surface area contributed by atoms with Gasteiger partial charge in [-0.3, -0.25) is 4.79 Å². The van der Waals surface area contributed by atoms with E-state index in [0.717, 1.165) is 11.8 Å². The van der Waals surface area contributed by atoms with Gasteiger partial charge in [0, 0.05) is 12.2 Å². The van der Waals surface area contributed by atoms with Crippen LogP contribution in [0.3, 0.4) is 0 Å². The lowest BCUT2D eigenvalue weighted by Gasteiger charge is -2.28. The monoisotopic (exact) mass is 274 g/mol. The molecule has 1 heterocycles. The summed E-state index contributed by atoms with van der Waals surface area (Å²) in [4.78, 5) is 16.4. The molecule has 1 amide bonds. The average molecular weight is 274 g/mol. The van der Waals surface area contributed by atoms with E-state index in [-0.39, 0.29) is 11.9 Å². The second-order valence-corrected chi connectivity index (χ2v) is 6.14. The van der Waals surface area contributed by atoms with Crippen LogP contribution in [-0.4, -0.2) is 16.9 Å². The number of carbonyl (C=O) groups is 1. The van der Waals surface area contributed by atoms with E-state index < -0.39 is 0 Å². The molecule has 108 valence electrons. The Hall–Kier alpha value is -1.62. The molecule has 1 aromatic heterocycles. The summed E-state index contributed by atoms with van der Waals surface area (Å²) in [6.45, 7) is 2.12. The number of pyridine rings is 1. The molecule has 1 aromatic rings. The summed E-state index contributed by atoms with van der Waals surface area (Å²) in [6.07, 6.45) is 6.95. The SMILES string of the molecule is CC(NC(=O)c1cccnc1NN)C1CC2CCC1C2. The highest BCUT2D eigenvalue weighted by Crippen LogP contribution is 2.49. The maximum absolute atomic E-state index is 12.4. The van der Waals surface area contributed by atoms with Gasteiger partial charge in [0.2, 0.25) is 0 Å². The molecule has 0 saturated heterocycles. The van der Waals surface area contributed by atoms with E-state index in [4.69, 9.17) is 5.84 Å². The Kier molecular flexibility index (Phi) is 3.61. The van der Waals surface area contributed by atoms with E-state index in [1.165, 1.54) is 25.7 Å². The smallest absolute Gasteiger partial charge is 0.255 e. The number of amides is 1. The van der Waals surface area contributed by atoms with Crippen molar-refractivity contribution in [3.63, 3.8) is 0 Å². The normalized spacial score (nSPS) is 29.2. The fraction of sp³-hybridized carbons (Fsp3) is 0.600. The first-order valence-corrected chi connectivity index (χ1v) is 7.41. The lowest BCUT2D eigenvalue weighted by Crippen LogP contribution is -2.40. The minimum Gasteiger partial charge on any atom is -0.349 e. The number of anilines is 1. The quantitative estimate of drug-likeness (QED) is 0.579. The molecule has 2 fully saturated rings. The molecule has 0 radical (unpaired) electrons. The molecule has 0 aromatic carbocycles. The van der Waals surface area contributed by atoms with Gasteiger partial charge in [-0.1, -0.05) is 6.42 Å². The summed E-state index contributed by atoms with van der Waals surface area (Å²) >= 11 is 0.